The minimum Gasteiger partial charge on any atom is -0.532 e. The van der Waals surface area contributed by atoms with Gasteiger partial charge in [0, 0.05) is 35.3 Å². The van der Waals surface area contributed by atoms with Gasteiger partial charge in [-0.2, -0.15) is 24.1 Å². The van der Waals surface area contributed by atoms with Crippen LogP contribution in [0, 0.1) is 12.8 Å². The van der Waals surface area contributed by atoms with Crippen molar-refractivity contribution in [3.05, 3.63) is 199 Å². The van der Waals surface area contributed by atoms with Crippen LogP contribution in [0.2, 0.25) is 13.1 Å². The van der Waals surface area contributed by atoms with Crippen molar-refractivity contribution in [1.82, 2.24) is 24.9 Å². The van der Waals surface area contributed by atoms with Gasteiger partial charge in [-0.15, -0.1) is 18.6 Å². The minimum absolute atomic E-state index is 0. The van der Waals surface area contributed by atoms with Gasteiger partial charge in [0.1, 0.15) is 19.6 Å². The first kappa shape index (κ1) is 36.6. The van der Waals surface area contributed by atoms with Gasteiger partial charge in [0.25, 0.3) is 6.71 Å². The quantitative estimate of drug-likeness (QED) is 0.125. The molecule has 10 rings (SSSR count). The van der Waals surface area contributed by atoms with Gasteiger partial charge < -0.3 is 14.6 Å². The Hall–Kier alpha value is -6.02. The van der Waals surface area contributed by atoms with Crippen molar-refractivity contribution in [2.45, 2.75) is 25.2 Å². The Morgan fingerprint density at radius 3 is 2.11 bits per heavy atom. The number of ether oxygens (including phenoxy) is 1. The third kappa shape index (κ3) is 6.61. The van der Waals surface area contributed by atoms with E-state index in [9.17, 15) is 0 Å². The normalized spacial score (nSPS) is 18.6. The molecule has 10 heteroatoms. The summed E-state index contributed by atoms with van der Waals surface area (Å²) in [6, 6.07) is 39.4. The summed E-state index contributed by atoms with van der Waals surface area (Å²) in [5, 5.41) is 2.77. The molecule has 3 aromatic heterocycles. The predicted octanol–water partition coefficient (Wildman–Crippen LogP) is 7.11. The van der Waals surface area contributed by atoms with Gasteiger partial charge in [0.2, 0.25) is 0 Å². The average Bonchev–Trinajstić information content (AvgIpc) is 3.49. The Morgan fingerprint density at radius 1 is 0.684 bits per heavy atom. The van der Waals surface area contributed by atoms with Crippen molar-refractivity contribution in [3.8, 4) is 22.8 Å². The molecule has 3 aromatic carbocycles. The molecule has 278 valence electrons. The van der Waals surface area contributed by atoms with E-state index in [1.807, 2.05) is 85.2 Å². The van der Waals surface area contributed by atoms with Crippen LogP contribution in [0.5, 0.6) is 0 Å². The van der Waals surface area contributed by atoms with Crippen molar-refractivity contribution >= 4 is 48.2 Å². The summed E-state index contributed by atoms with van der Waals surface area (Å²) < 4.78 is 6.68. The number of fused-ring (bicyclic) bond motifs is 3. The third-order valence-corrected chi connectivity index (χ3v) is 14.7. The topological polar surface area (TPSA) is 76.9 Å². The van der Waals surface area contributed by atoms with Crippen molar-refractivity contribution < 1.29 is 25.8 Å². The third-order valence-electron chi connectivity index (χ3n) is 11.0. The fourth-order valence-electron chi connectivity index (χ4n) is 8.46. The first-order valence-electron chi connectivity index (χ1n) is 19.0. The van der Waals surface area contributed by atoms with E-state index >= 15 is 0 Å². The molecule has 0 radical (unpaired) electrons. The zero-order valence-electron chi connectivity index (χ0n) is 31.4. The smallest absolute Gasteiger partial charge is 0.532 e. The molecule has 2 aliphatic heterocycles. The molecule has 0 saturated heterocycles. The van der Waals surface area contributed by atoms with Gasteiger partial charge in [-0.25, -0.2) is 19.9 Å². The average molecular weight is 936 g/mol. The second kappa shape index (κ2) is 15.1. The van der Waals surface area contributed by atoms with E-state index in [1.165, 1.54) is 21.5 Å². The van der Waals surface area contributed by atoms with Crippen LogP contribution in [0.15, 0.2) is 175 Å². The van der Waals surface area contributed by atoms with Gasteiger partial charge in [-0.1, -0.05) is 133 Å². The summed E-state index contributed by atoms with van der Waals surface area (Å²) in [5.74, 6) is 3.00. The number of nitrogens with zero attached hydrogens (tertiary/aromatic N) is 6. The number of aromatic nitrogens is 5. The van der Waals surface area contributed by atoms with E-state index in [2.05, 4.69) is 115 Å². The van der Waals surface area contributed by atoms with Crippen molar-refractivity contribution in [1.29, 1.82) is 0 Å². The first-order chi connectivity index (χ1) is 27.5. The maximum absolute atomic E-state index is 6.68. The van der Waals surface area contributed by atoms with Crippen LogP contribution < -0.4 is 21.3 Å². The minimum atomic E-state index is -2.33. The van der Waals surface area contributed by atoms with E-state index in [4.69, 9.17) is 24.7 Å². The van der Waals surface area contributed by atoms with Crippen LogP contribution in [-0.4, -0.2) is 51.9 Å². The molecule has 0 amide bonds. The van der Waals surface area contributed by atoms with Gasteiger partial charge in [0.05, 0.1) is 6.10 Å². The number of benzene rings is 3. The molecule has 0 N–H and O–H groups in total. The molecule has 6 aromatic rings. The first-order valence-corrected chi connectivity index (χ1v) is 22.0. The van der Waals surface area contributed by atoms with Crippen LogP contribution in [0.25, 0.3) is 34.0 Å². The molecular weight excluding hydrogens is 899 g/mol. The van der Waals surface area contributed by atoms with E-state index in [1.54, 1.807) is 0 Å². The zero-order valence-corrected chi connectivity index (χ0v) is 34.7. The SMILES string of the molecule is C[Si]1(C)C2=C(c3ccccc31)N(C1C=CC=C(OC3C=CC=C(c4ccccn4)[CH-]3)[CH-]1)c1ncccc1B2c1nc(-c2ccccc2)nc(-c2ccccc2)n1.[Pt+2]. The van der Waals surface area contributed by atoms with E-state index in [0.717, 1.165) is 45.2 Å². The molecule has 2 atom stereocenters. The summed E-state index contributed by atoms with van der Waals surface area (Å²) in [6.45, 7) is 4.69. The number of rotatable bonds is 7. The fourth-order valence-corrected chi connectivity index (χ4v) is 12.0. The fraction of sp³-hybridized carbons (Fsp3) is 0.0851. The Labute approximate surface area is 349 Å². The molecule has 5 heterocycles. The number of allylic oxidation sites excluding steroid dienone is 4. The summed E-state index contributed by atoms with van der Waals surface area (Å²) in [5.41, 5.74) is 8.11. The summed E-state index contributed by atoms with van der Waals surface area (Å²) in [4.78, 5) is 27.9. The summed E-state index contributed by atoms with van der Waals surface area (Å²) in [6.07, 6.45) is 20.4. The second-order valence-corrected chi connectivity index (χ2v) is 19.1. The van der Waals surface area contributed by atoms with Crippen molar-refractivity contribution in [2.75, 3.05) is 4.90 Å². The van der Waals surface area contributed by atoms with Crippen molar-refractivity contribution in [3.63, 3.8) is 0 Å². The largest absolute Gasteiger partial charge is 2.00 e. The molecule has 2 unspecified atom stereocenters. The zero-order chi connectivity index (χ0) is 37.6. The van der Waals surface area contributed by atoms with Gasteiger partial charge in [-0.05, 0) is 39.8 Å². The van der Waals surface area contributed by atoms with Gasteiger partial charge in [0.15, 0.2) is 11.6 Å². The summed E-state index contributed by atoms with van der Waals surface area (Å²) in [7, 11) is -2.33. The molecule has 4 aliphatic rings. The van der Waals surface area contributed by atoms with E-state index in [0.29, 0.717) is 11.6 Å². The maximum atomic E-state index is 6.68. The summed E-state index contributed by atoms with van der Waals surface area (Å²) >= 11 is 0. The molecule has 0 bridgehead atoms. The maximum Gasteiger partial charge on any atom is 2.00 e. The Morgan fingerprint density at radius 2 is 1.37 bits per heavy atom. The Kier molecular flexibility index (Phi) is 9.73. The van der Waals surface area contributed by atoms with Gasteiger partial charge in [-0.3, -0.25) is 0 Å². The monoisotopic (exact) mass is 935 g/mol. The van der Waals surface area contributed by atoms with Crippen LogP contribution >= 0.6 is 0 Å². The standard InChI is InChI=1S/C47H37BN6OSi.Pt/c1-56(2)41-27-10-9-24-38(41)42-43(56)48(47-52-44(32-16-5-3-6-17-32)51-45(53-47)33-18-7-4-8-19-33)39-25-15-29-50-46(39)54(42)35-21-14-23-37(31-35)55-36-22-13-20-34(30-36)40-26-11-12-28-49-40;/h3-31,35-36H,1-2H3;/q-2;+2. The molecule has 0 fully saturated rings. The Bertz CT molecular complexity index is 2570. The van der Waals surface area contributed by atoms with Crippen LogP contribution in [-0.2, 0) is 25.8 Å². The predicted molar refractivity (Wildman–Crippen MR) is 229 cm³/mol. The second-order valence-electron chi connectivity index (χ2n) is 14.8. The van der Waals surface area contributed by atoms with E-state index < -0.39 is 8.07 Å². The van der Waals surface area contributed by atoms with Crippen LogP contribution in [0.1, 0.15) is 11.3 Å². The number of anilines is 1. The number of hydrogen-bond acceptors (Lipinski definition) is 7. The van der Waals surface area contributed by atoms with Crippen molar-refractivity contribution in [2.24, 2.45) is 0 Å². The molecule has 0 spiro atoms. The molecule has 57 heavy (non-hydrogen) atoms. The van der Waals surface area contributed by atoms with Crippen LogP contribution in [0.3, 0.4) is 0 Å². The molecule has 0 saturated carbocycles. The molecule has 2 aliphatic carbocycles. The van der Waals surface area contributed by atoms with Gasteiger partial charge >= 0.3 is 21.1 Å². The number of hydrogen-bond donors (Lipinski definition) is 0. The number of pyridine rings is 2. The van der Waals surface area contributed by atoms with E-state index in [-0.39, 0.29) is 39.9 Å². The van der Waals surface area contributed by atoms with Crippen LogP contribution in [0.4, 0.5) is 5.82 Å². The molecule has 7 nitrogen and oxygen atoms in total. The Balaban J connectivity index is 0.00000422. The molecular formula is C47H37BN6OPtSi.